The van der Waals surface area contributed by atoms with Gasteiger partial charge >= 0.3 is 6.18 Å². The number of sulfonamides is 1. The molecule has 0 aliphatic heterocycles. The molecule has 0 fully saturated rings. The molecule has 10 heteroatoms. The second-order valence-electron chi connectivity index (χ2n) is 5.35. The molecule has 0 amide bonds. The molecule has 2 heterocycles. The van der Waals surface area contributed by atoms with E-state index in [1.54, 1.807) is 6.92 Å². The van der Waals surface area contributed by atoms with Gasteiger partial charge in [0.1, 0.15) is 5.01 Å². The highest BCUT2D eigenvalue weighted by Gasteiger charge is 2.30. The molecule has 1 N–H and O–H groups in total. The fraction of sp³-hybridized carbons (Fsp3) is 0.188. The Morgan fingerprint density at radius 3 is 2.42 bits per heavy atom. The second kappa shape index (κ2) is 7.10. The Morgan fingerprint density at radius 1 is 1.15 bits per heavy atom. The summed E-state index contributed by atoms with van der Waals surface area (Å²) < 4.78 is 64.8. The number of hydrogen-bond donors (Lipinski definition) is 1. The molecule has 3 aromatic rings. The molecule has 26 heavy (non-hydrogen) atoms. The number of aryl methyl sites for hydroxylation is 1. The second-order valence-corrected chi connectivity index (χ2v) is 9.15. The fourth-order valence-corrected chi connectivity index (χ4v) is 5.05. The maximum Gasteiger partial charge on any atom is 0.416 e. The maximum atomic E-state index is 12.6. The molecule has 2 aromatic heterocycles. The average molecular weight is 418 g/mol. The zero-order chi connectivity index (χ0) is 18.9. The quantitative estimate of drug-likeness (QED) is 0.655. The van der Waals surface area contributed by atoms with Crippen LogP contribution in [0.15, 0.2) is 46.7 Å². The number of nitrogens with one attached hydrogen (secondary N) is 1. The van der Waals surface area contributed by atoms with Crippen LogP contribution in [0.5, 0.6) is 0 Å². The van der Waals surface area contributed by atoms with Crippen molar-refractivity contribution in [2.24, 2.45) is 0 Å². The number of benzene rings is 1. The van der Waals surface area contributed by atoms with Crippen molar-refractivity contribution >= 4 is 32.7 Å². The van der Waals surface area contributed by atoms with E-state index in [0.717, 1.165) is 39.0 Å². The molecule has 0 aliphatic rings. The van der Waals surface area contributed by atoms with Crippen molar-refractivity contribution in [1.29, 1.82) is 0 Å². The lowest BCUT2D eigenvalue weighted by molar-refractivity contribution is -0.137. The van der Waals surface area contributed by atoms with Gasteiger partial charge in [-0.15, -0.1) is 22.7 Å². The van der Waals surface area contributed by atoms with Gasteiger partial charge in [0.05, 0.1) is 21.0 Å². The number of aromatic nitrogens is 1. The van der Waals surface area contributed by atoms with Gasteiger partial charge in [-0.2, -0.15) is 13.2 Å². The van der Waals surface area contributed by atoms with Crippen molar-refractivity contribution in [3.63, 3.8) is 0 Å². The number of halogens is 3. The largest absolute Gasteiger partial charge is 0.416 e. The minimum absolute atomic E-state index is 0.0260. The first-order valence-electron chi connectivity index (χ1n) is 7.34. The Hall–Kier alpha value is -1.75. The van der Waals surface area contributed by atoms with Crippen molar-refractivity contribution in [2.75, 3.05) is 0 Å². The minimum Gasteiger partial charge on any atom is -0.240 e. The van der Waals surface area contributed by atoms with E-state index in [2.05, 4.69) is 9.71 Å². The summed E-state index contributed by atoms with van der Waals surface area (Å²) in [6.07, 6.45) is -4.51. The van der Waals surface area contributed by atoms with Gasteiger partial charge in [0.25, 0.3) is 0 Å². The third-order valence-electron chi connectivity index (χ3n) is 3.54. The maximum absolute atomic E-state index is 12.6. The molecule has 1 aromatic carbocycles. The SMILES string of the molecule is Cc1nc(-c2cccs2)sc1CNS(=O)(=O)c1ccc(C(F)(F)F)cc1. The molecule has 0 radical (unpaired) electrons. The average Bonchev–Trinajstić information content (AvgIpc) is 3.22. The number of thiazole rings is 1. The van der Waals surface area contributed by atoms with Crippen LogP contribution in [0.1, 0.15) is 16.1 Å². The first-order valence-corrected chi connectivity index (χ1v) is 10.5. The summed E-state index contributed by atoms with van der Waals surface area (Å²) in [5, 5.41) is 2.74. The van der Waals surface area contributed by atoms with Gasteiger partial charge in [-0.3, -0.25) is 0 Å². The summed E-state index contributed by atoms with van der Waals surface area (Å²) in [6.45, 7) is 1.81. The van der Waals surface area contributed by atoms with E-state index < -0.39 is 21.8 Å². The van der Waals surface area contributed by atoms with Gasteiger partial charge in [0, 0.05) is 11.4 Å². The molecule has 0 saturated carbocycles. The van der Waals surface area contributed by atoms with Gasteiger partial charge in [-0.25, -0.2) is 18.1 Å². The summed E-state index contributed by atoms with van der Waals surface area (Å²) in [4.78, 5) is 5.97. The van der Waals surface area contributed by atoms with Crippen LogP contribution in [-0.2, 0) is 22.7 Å². The molecule has 3 rings (SSSR count). The van der Waals surface area contributed by atoms with Gasteiger partial charge in [-0.05, 0) is 42.6 Å². The number of rotatable bonds is 5. The van der Waals surface area contributed by atoms with Crippen LogP contribution in [0.2, 0.25) is 0 Å². The lowest BCUT2D eigenvalue weighted by Crippen LogP contribution is -2.23. The third-order valence-corrected chi connectivity index (χ3v) is 7.15. The molecule has 0 atom stereocenters. The topological polar surface area (TPSA) is 59.1 Å². The van der Waals surface area contributed by atoms with Crippen LogP contribution in [0.4, 0.5) is 13.2 Å². The lowest BCUT2D eigenvalue weighted by atomic mass is 10.2. The van der Waals surface area contributed by atoms with E-state index in [1.165, 1.54) is 22.7 Å². The van der Waals surface area contributed by atoms with Gasteiger partial charge in [0.15, 0.2) is 0 Å². The van der Waals surface area contributed by atoms with E-state index in [0.29, 0.717) is 5.69 Å². The van der Waals surface area contributed by atoms with Crippen LogP contribution in [0, 0.1) is 6.92 Å². The summed E-state index contributed by atoms with van der Waals surface area (Å²) in [5.41, 5.74) is -0.177. The van der Waals surface area contributed by atoms with Crippen molar-refractivity contribution in [3.05, 3.63) is 57.9 Å². The Balaban J connectivity index is 1.74. The van der Waals surface area contributed by atoms with Crippen molar-refractivity contribution < 1.29 is 21.6 Å². The zero-order valence-corrected chi connectivity index (χ0v) is 15.8. The molecule has 4 nitrogen and oxygen atoms in total. The Morgan fingerprint density at radius 2 is 1.85 bits per heavy atom. The van der Waals surface area contributed by atoms with Crippen molar-refractivity contribution in [3.8, 4) is 9.88 Å². The van der Waals surface area contributed by atoms with Gasteiger partial charge in [-0.1, -0.05) is 6.07 Å². The van der Waals surface area contributed by atoms with E-state index in [1.807, 2.05) is 17.5 Å². The predicted octanol–water partition coefficient (Wildman–Crippen LogP) is 4.68. The highest BCUT2D eigenvalue weighted by molar-refractivity contribution is 7.89. The molecule has 0 saturated heterocycles. The molecule has 0 aliphatic carbocycles. The smallest absolute Gasteiger partial charge is 0.240 e. The summed E-state index contributed by atoms with van der Waals surface area (Å²) >= 11 is 2.92. The van der Waals surface area contributed by atoms with Crippen LogP contribution >= 0.6 is 22.7 Å². The molecular weight excluding hydrogens is 405 g/mol. The summed E-state index contributed by atoms with van der Waals surface area (Å²) in [7, 11) is -3.92. The number of hydrogen-bond acceptors (Lipinski definition) is 5. The molecule has 0 unspecified atom stereocenters. The Labute approximate surface area is 156 Å². The standard InChI is InChI=1S/C16H13F3N2O2S3/c1-10-14(25-15(21-10)13-3-2-8-24-13)9-20-26(22,23)12-6-4-11(5-7-12)16(17,18)19/h2-8,20H,9H2,1H3. The zero-order valence-electron chi connectivity index (χ0n) is 13.4. The van der Waals surface area contributed by atoms with E-state index in [9.17, 15) is 21.6 Å². The first-order chi connectivity index (χ1) is 12.2. The van der Waals surface area contributed by atoms with E-state index in [-0.39, 0.29) is 11.4 Å². The predicted molar refractivity (Wildman–Crippen MR) is 95.6 cm³/mol. The molecular formula is C16H13F3N2O2S3. The number of nitrogens with zero attached hydrogens (tertiary/aromatic N) is 1. The molecule has 0 spiro atoms. The Kier molecular flexibility index (Phi) is 5.20. The van der Waals surface area contributed by atoms with Crippen molar-refractivity contribution in [2.45, 2.75) is 24.5 Å². The summed E-state index contributed by atoms with van der Waals surface area (Å²) in [5.74, 6) is 0. The van der Waals surface area contributed by atoms with Crippen LogP contribution in [0.3, 0.4) is 0 Å². The van der Waals surface area contributed by atoms with Gasteiger partial charge < -0.3 is 0 Å². The highest BCUT2D eigenvalue weighted by atomic mass is 32.2. The minimum atomic E-state index is -4.51. The number of thiophene rings is 1. The molecule has 0 bridgehead atoms. The van der Waals surface area contributed by atoms with E-state index >= 15 is 0 Å². The fourth-order valence-electron chi connectivity index (χ4n) is 2.16. The third kappa shape index (κ3) is 4.14. The van der Waals surface area contributed by atoms with Crippen LogP contribution < -0.4 is 4.72 Å². The first kappa shape index (κ1) is 19.0. The Bertz CT molecular complexity index is 993. The van der Waals surface area contributed by atoms with Gasteiger partial charge in [0.2, 0.25) is 10.0 Å². The molecule has 138 valence electrons. The normalized spacial score (nSPS) is 12.5. The monoisotopic (exact) mass is 418 g/mol. The number of alkyl halides is 3. The van der Waals surface area contributed by atoms with Crippen molar-refractivity contribution in [1.82, 2.24) is 9.71 Å². The highest BCUT2D eigenvalue weighted by Crippen LogP contribution is 2.32. The lowest BCUT2D eigenvalue weighted by Gasteiger charge is -2.09. The van der Waals surface area contributed by atoms with E-state index in [4.69, 9.17) is 0 Å². The van der Waals surface area contributed by atoms with Crippen LogP contribution in [0.25, 0.3) is 9.88 Å². The summed E-state index contributed by atoms with van der Waals surface area (Å²) in [6, 6.07) is 7.23. The van der Waals surface area contributed by atoms with Crippen LogP contribution in [-0.4, -0.2) is 13.4 Å².